The fraction of sp³-hybridized carbons (Fsp3) is 0.385. The minimum absolute atomic E-state index is 0.143. The summed E-state index contributed by atoms with van der Waals surface area (Å²) in [6.45, 7) is 0.348. The standard InChI is InChI=1S/C13H13FN4O3/c14-10-3-1-9(2-4-10)12(13(20)21)18-7-8(5-11(18)19)6-16-17-15/h1-4,8,12H,5-7H2,(H,20,21)/t8?,12-/m0/s1. The van der Waals surface area contributed by atoms with Gasteiger partial charge in [0, 0.05) is 24.4 Å². The van der Waals surface area contributed by atoms with Crippen molar-refractivity contribution < 1.29 is 19.1 Å². The Hall–Kier alpha value is -2.60. The summed E-state index contributed by atoms with van der Waals surface area (Å²) in [5.41, 5.74) is 8.62. The molecule has 0 spiro atoms. The van der Waals surface area contributed by atoms with Crippen LogP contribution in [0.4, 0.5) is 4.39 Å². The van der Waals surface area contributed by atoms with Crippen LogP contribution in [-0.4, -0.2) is 35.0 Å². The van der Waals surface area contributed by atoms with E-state index in [1.54, 1.807) is 0 Å². The van der Waals surface area contributed by atoms with Gasteiger partial charge in [0.1, 0.15) is 5.82 Å². The van der Waals surface area contributed by atoms with Crippen molar-refractivity contribution in [1.29, 1.82) is 0 Å². The van der Waals surface area contributed by atoms with Gasteiger partial charge >= 0.3 is 5.97 Å². The largest absolute Gasteiger partial charge is 0.479 e. The van der Waals surface area contributed by atoms with Crippen molar-refractivity contribution in [3.63, 3.8) is 0 Å². The lowest BCUT2D eigenvalue weighted by molar-refractivity contribution is -0.148. The fourth-order valence-electron chi connectivity index (χ4n) is 2.43. The number of nitrogens with zero attached hydrogens (tertiary/aromatic N) is 4. The average Bonchev–Trinajstić information content (AvgIpc) is 2.80. The molecule has 7 nitrogen and oxygen atoms in total. The van der Waals surface area contributed by atoms with E-state index >= 15 is 0 Å². The van der Waals surface area contributed by atoms with E-state index in [0.717, 1.165) is 12.1 Å². The van der Waals surface area contributed by atoms with Crippen molar-refractivity contribution in [2.75, 3.05) is 13.1 Å². The van der Waals surface area contributed by atoms with Gasteiger partial charge in [-0.3, -0.25) is 4.79 Å². The van der Waals surface area contributed by atoms with Gasteiger partial charge in [0.05, 0.1) is 0 Å². The van der Waals surface area contributed by atoms with Gasteiger partial charge in [0.15, 0.2) is 6.04 Å². The number of carbonyl (C=O) groups is 2. The number of hydrogen-bond acceptors (Lipinski definition) is 3. The lowest BCUT2D eigenvalue weighted by atomic mass is 10.1. The van der Waals surface area contributed by atoms with Crippen LogP contribution in [0.2, 0.25) is 0 Å². The van der Waals surface area contributed by atoms with Crippen LogP contribution in [0.1, 0.15) is 18.0 Å². The summed E-state index contributed by atoms with van der Waals surface area (Å²) in [4.78, 5) is 27.3. The highest BCUT2D eigenvalue weighted by Crippen LogP contribution is 2.29. The molecule has 1 aliphatic rings. The zero-order valence-corrected chi connectivity index (χ0v) is 11.0. The Morgan fingerprint density at radius 1 is 1.52 bits per heavy atom. The second-order valence-electron chi connectivity index (χ2n) is 4.82. The predicted molar refractivity (Wildman–Crippen MR) is 70.6 cm³/mol. The molecule has 1 saturated heterocycles. The number of halogens is 1. The molecule has 1 aromatic carbocycles. The first-order valence-corrected chi connectivity index (χ1v) is 6.31. The summed E-state index contributed by atoms with van der Waals surface area (Å²) in [5, 5.41) is 12.8. The molecule has 1 amide bonds. The third-order valence-electron chi connectivity index (χ3n) is 3.37. The number of aliphatic carboxylic acids is 1. The lowest BCUT2D eigenvalue weighted by Gasteiger charge is -2.25. The third kappa shape index (κ3) is 3.29. The van der Waals surface area contributed by atoms with Crippen molar-refractivity contribution in [3.05, 3.63) is 46.1 Å². The maximum absolute atomic E-state index is 12.9. The van der Waals surface area contributed by atoms with Gasteiger partial charge in [0.25, 0.3) is 0 Å². The maximum Gasteiger partial charge on any atom is 0.331 e. The first-order valence-electron chi connectivity index (χ1n) is 6.31. The van der Waals surface area contributed by atoms with Crippen molar-refractivity contribution >= 4 is 11.9 Å². The maximum atomic E-state index is 12.9. The van der Waals surface area contributed by atoms with Crippen LogP contribution in [0.15, 0.2) is 29.4 Å². The molecule has 1 heterocycles. The van der Waals surface area contributed by atoms with Crippen LogP contribution in [0.5, 0.6) is 0 Å². The zero-order chi connectivity index (χ0) is 15.4. The molecule has 0 radical (unpaired) electrons. The van der Waals surface area contributed by atoms with E-state index in [0.29, 0.717) is 5.56 Å². The molecule has 21 heavy (non-hydrogen) atoms. The quantitative estimate of drug-likeness (QED) is 0.510. The number of benzene rings is 1. The minimum Gasteiger partial charge on any atom is -0.479 e. The highest BCUT2D eigenvalue weighted by molar-refractivity contribution is 5.86. The number of carbonyl (C=O) groups excluding carboxylic acids is 1. The smallest absolute Gasteiger partial charge is 0.331 e. The number of rotatable bonds is 5. The van der Waals surface area contributed by atoms with Crippen LogP contribution in [0.3, 0.4) is 0 Å². The molecule has 110 valence electrons. The second-order valence-corrected chi connectivity index (χ2v) is 4.82. The Balaban J connectivity index is 2.23. The molecule has 1 unspecified atom stereocenters. The van der Waals surface area contributed by atoms with Crippen molar-refractivity contribution in [1.82, 2.24) is 4.90 Å². The monoisotopic (exact) mass is 292 g/mol. The van der Waals surface area contributed by atoms with Gasteiger partial charge in [0.2, 0.25) is 5.91 Å². The topological polar surface area (TPSA) is 106 Å². The molecule has 2 rings (SSSR count). The van der Waals surface area contributed by atoms with Crippen LogP contribution < -0.4 is 0 Å². The van der Waals surface area contributed by atoms with Crippen molar-refractivity contribution in [2.45, 2.75) is 12.5 Å². The van der Waals surface area contributed by atoms with E-state index < -0.39 is 17.8 Å². The average molecular weight is 292 g/mol. The van der Waals surface area contributed by atoms with Crippen molar-refractivity contribution in [2.24, 2.45) is 11.0 Å². The summed E-state index contributed by atoms with van der Waals surface area (Å²) in [6, 6.07) is 3.85. The number of likely N-dealkylation sites (tertiary alicyclic amines) is 1. The molecule has 0 aromatic heterocycles. The van der Waals surface area contributed by atoms with E-state index in [4.69, 9.17) is 5.53 Å². The molecule has 2 atom stereocenters. The van der Waals surface area contributed by atoms with E-state index in [1.165, 1.54) is 17.0 Å². The number of azide groups is 1. The number of hydrogen-bond donors (Lipinski definition) is 1. The zero-order valence-electron chi connectivity index (χ0n) is 11.0. The molecule has 0 aliphatic carbocycles. The Bertz CT molecular complexity index is 598. The fourth-order valence-corrected chi connectivity index (χ4v) is 2.43. The number of carboxylic acid groups (broad SMARTS) is 1. The van der Waals surface area contributed by atoms with Crippen molar-refractivity contribution in [3.8, 4) is 0 Å². The second kappa shape index (κ2) is 6.23. The van der Waals surface area contributed by atoms with Crippen LogP contribution >= 0.6 is 0 Å². The Morgan fingerprint density at radius 3 is 2.76 bits per heavy atom. The Kier molecular flexibility index (Phi) is 4.39. The van der Waals surface area contributed by atoms with Crippen LogP contribution in [-0.2, 0) is 9.59 Å². The first kappa shape index (κ1) is 14.8. The van der Waals surface area contributed by atoms with Gasteiger partial charge in [-0.1, -0.05) is 17.2 Å². The minimum atomic E-state index is -1.18. The number of amides is 1. The molecule has 1 N–H and O–H groups in total. The number of carboxylic acids is 1. The van der Waals surface area contributed by atoms with Gasteiger partial charge in [-0.05, 0) is 29.1 Å². The van der Waals surface area contributed by atoms with Crippen LogP contribution in [0.25, 0.3) is 10.4 Å². The highest BCUT2D eigenvalue weighted by atomic mass is 19.1. The highest BCUT2D eigenvalue weighted by Gasteiger charge is 2.38. The first-order chi connectivity index (χ1) is 10.0. The van der Waals surface area contributed by atoms with E-state index in [-0.39, 0.29) is 31.3 Å². The summed E-state index contributed by atoms with van der Waals surface area (Å²) in [6.07, 6.45) is 0.143. The summed E-state index contributed by atoms with van der Waals surface area (Å²) >= 11 is 0. The molecule has 0 bridgehead atoms. The molecule has 1 fully saturated rings. The van der Waals surface area contributed by atoms with E-state index in [9.17, 15) is 19.1 Å². The summed E-state index contributed by atoms with van der Waals surface area (Å²) < 4.78 is 12.9. The molecule has 1 aliphatic heterocycles. The Labute approximate surface area is 119 Å². The summed E-state index contributed by atoms with van der Waals surface area (Å²) in [5.74, 6) is -2.17. The normalized spacial score (nSPS) is 19.2. The SMILES string of the molecule is [N-]=[N+]=NCC1CC(=O)N([C@H](C(=O)O)c2ccc(F)cc2)C1. The molecular formula is C13H13FN4O3. The predicted octanol–water partition coefficient (Wildman–Crippen LogP) is 2.11. The molecule has 0 saturated carbocycles. The lowest BCUT2D eigenvalue weighted by Crippen LogP contribution is -2.35. The van der Waals surface area contributed by atoms with Gasteiger partial charge in [-0.2, -0.15) is 0 Å². The molecular weight excluding hydrogens is 279 g/mol. The Morgan fingerprint density at radius 2 is 2.19 bits per heavy atom. The van der Waals surface area contributed by atoms with Gasteiger partial charge in [-0.25, -0.2) is 9.18 Å². The molecule has 1 aromatic rings. The van der Waals surface area contributed by atoms with Crippen LogP contribution in [0, 0.1) is 11.7 Å². The summed E-state index contributed by atoms with van der Waals surface area (Å²) in [7, 11) is 0. The third-order valence-corrected chi connectivity index (χ3v) is 3.37. The van der Waals surface area contributed by atoms with Gasteiger partial charge in [-0.15, -0.1) is 0 Å². The van der Waals surface area contributed by atoms with E-state index in [2.05, 4.69) is 10.0 Å². The molecule has 8 heteroatoms. The van der Waals surface area contributed by atoms with E-state index in [1.807, 2.05) is 0 Å². The van der Waals surface area contributed by atoms with Gasteiger partial charge < -0.3 is 10.0 Å².